The Labute approximate surface area is 456 Å². The van der Waals surface area contributed by atoms with Crippen LogP contribution < -0.4 is 80.7 Å². The van der Waals surface area contributed by atoms with Crippen LogP contribution >= 0.6 is 0 Å². The van der Waals surface area contributed by atoms with Crippen molar-refractivity contribution in [2.45, 2.75) is 98.7 Å². The molecule has 0 N–H and O–H groups in total. The van der Waals surface area contributed by atoms with Crippen LogP contribution in [0.3, 0.4) is 0 Å². The van der Waals surface area contributed by atoms with E-state index in [2.05, 4.69) is 193 Å². The number of hydrogen-bond donors (Lipinski definition) is 0. The molecule has 0 aliphatic carbocycles. The summed E-state index contributed by atoms with van der Waals surface area (Å²) in [6.45, 7) is 12.6. The van der Waals surface area contributed by atoms with Gasteiger partial charge >= 0.3 is 17.1 Å². The summed E-state index contributed by atoms with van der Waals surface area (Å²) in [6.07, 6.45) is 37.0. The van der Waals surface area contributed by atoms with Crippen LogP contribution in [-0.4, -0.2) is 28.6 Å². The van der Waals surface area contributed by atoms with Crippen LogP contribution in [0.2, 0.25) is 0 Å². The van der Waals surface area contributed by atoms with Crippen LogP contribution in [0.25, 0.3) is 16.7 Å². The summed E-state index contributed by atoms with van der Waals surface area (Å²) in [4.78, 5) is 24.8. The van der Waals surface area contributed by atoms with Gasteiger partial charge in [0.25, 0.3) is 0 Å². The summed E-state index contributed by atoms with van der Waals surface area (Å²) in [7, 11) is 0. The normalized spacial score (nSPS) is 16.2. The van der Waals surface area contributed by atoms with E-state index < -0.39 is 0 Å². The summed E-state index contributed by atoms with van der Waals surface area (Å²) < 4.78 is 7.10. The molecule has 8 bridgehead atoms. The van der Waals surface area contributed by atoms with E-state index >= 15 is 0 Å². The molecule has 4 aromatic rings. The molecule has 0 saturated heterocycles. The number of aliphatic imine (C=N–C) groups is 3. The van der Waals surface area contributed by atoms with E-state index in [0.717, 1.165) is 168 Å². The molecule has 14 heteroatoms. The van der Waals surface area contributed by atoms with E-state index in [0.29, 0.717) is 0 Å². The van der Waals surface area contributed by atoms with Gasteiger partial charge in [0, 0.05) is 74.0 Å². The molecule has 9 rings (SSSR count). The number of allylic oxidation sites excluding steroid dienone is 11. The monoisotopic (exact) mass is 1070 g/mol. The van der Waals surface area contributed by atoms with Crippen LogP contribution in [-0.2, 0) is 36.7 Å². The van der Waals surface area contributed by atoms with Crippen molar-refractivity contribution in [1.29, 1.82) is 0 Å². The minimum absolute atomic E-state index is 0. The molecule has 5 aliphatic heterocycles. The molecule has 0 saturated carbocycles. The van der Waals surface area contributed by atoms with Crippen molar-refractivity contribution in [3.05, 3.63) is 203 Å². The number of aromatic nitrogens is 4. The molecule has 8 nitrogen and oxygen atoms in total. The van der Waals surface area contributed by atoms with E-state index in [4.69, 9.17) is 20.0 Å². The third-order valence-corrected chi connectivity index (χ3v) is 12.4. The number of unbranched alkanes of at least 4 members (excludes halogenated alkanes) is 4. The SMILES string of the molecule is CCCCN1C=CC=C/C1=C1\C2=NC(=C(c3cccc[n+]3CCCC)C3=NC(=C(c4cccc[n+]4CCCC)c4ccc([n-]4)C(c4cccc[n+]4CCCC)=C4C=CC1=N4)C=C3)C=C2.[Cl-].[Cl-].[Cl-].[Cl-].[Cl-].[Mn+3]. The first-order valence-electron chi connectivity index (χ1n) is 23.6. The molecule has 0 atom stereocenters. The maximum absolute atomic E-state index is 5.61. The first kappa shape index (κ1) is 59.5. The van der Waals surface area contributed by atoms with Crippen LogP contribution in [0, 0.1) is 0 Å². The minimum Gasteiger partial charge on any atom is -1.00 e. The largest absolute Gasteiger partial charge is 3.00 e. The maximum atomic E-state index is 5.61. The van der Waals surface area contributed by atoms with Gasteiger partial charge in [0.05, 0.1) is 56.6 Å². The average Bonchev–Trinajstić information content (AvgIpc) is 4.19. The number of fused-ring (bicyclic) bond motifs is 5. The number of rotatable bonds is 15. The molecule has 70 heavy (non-hydrogen) atoms. The van der Waals surface area contributed by atoms with Crippen molar-refractivity contribution in [3.63, 3.8) is 0 Å². The second kappa shape index (κ2) is 28.3. The Kier molecular flexibility index (Phi) is 24.0. The second-order valence-corrected chi connectivity index (χ2v) is 16.9. The molecule has 0 aromatic carbocycles. The average molecular weight is 1080 g/mol. The Hall–Kier alpha value is -4.83. The Bertz CT molecular complexity index is 2860. The number of nitrogens with zero attached hydrogens (tertiary/aromatic N) is 8. The van der Waals surface area contributed by atoms with E-state index in [9.17, 15) is 0 Å². The molecule has 0 unspecified atom stereocenters. The zero-order valence-corrected chi connectivity index (χ0v) is 45.1. The number of aryl methyl sites for hydroxylation is 3. The van der Waals surface area contributed by atoms with E-state index in [1.165, 1.54) is 0 Å². The first-order chi connectivity index (χ1) is 31.6. The smallest absolute Gasteiger partial charge is 1.00 e. The predicted molar refractivity (Wildman–Crippen MR) is 260 cm³/mol. The first-order valence-corrected chi connectivity index (χ1v) is 23.6. The fourth-order valence-electron chi connectivity index (χ4n) is 9.04. The van der Waals surface area contributed by atoms with Gasteiger partial charge in [0.1, 0.15) is 19.6 Å². The van der Waals surface area contributed by atoms with Gasteiger partial charge in [-0.3, -0.25) is 0 Å². The fourth-order valence-corrected chi connectivity index (χ4v) is 9.04. The second-order valence-electron chi connectivity index (χ2n) is 16.9. The summed E-state index contributed by atoms with van der Waals surface area (Å²) in [5.41, 5.74) is 15.4. The summed E-state index contributed by atoms with van der Waals surface area (Å²) in [5, 5.41) is 0. The predicted octanol–water partition coefficient (Wildman–Crippen LogP) is -4.66. The van der Waals surface area contributed by atoms with Gasteiger partial charge < -0.3 is 71.9 Å². The molecule has 0 amide bonds. The van der Waals surface area contributed by atoms with Crippen molar-refractivity contribution < 1.29 is 92.8 Å². The zero-order valence-electron chi connectivity index (χ0n) is 40.2. The van der Waals surface area contributed by atoms with Crippen molar-refractivity contribution in [2.24, 2.45) is 15.0 Å². The molecule has 9 heterocycles. The molecule has 0 spiro atoms. The van der Waals surface area contributed by atoms with Gasteiger partial charge in [0.2, 0.25) is 17.1 Å². The van der Waals surface area contributed by atoms with Crippen molar-refractivity contribution in [2.75, 3.05) is 6.54 Å². The minimum atomic E-state index is 0. The number of hydrogen-bond acceptors (Lipinski definition) is 4. The fraction of sp³-hybridized carbons (Fsp3) is 0.286. The van der Waals surface area contributed by atoms with Crippen molar-refractivity contribution in [1.82, 2.24) is 9.88 Å². The Morgan fingerprint density at radius 1 is 0.443 bits per heavy atom. The number of pyridine rings is 3. The standard InChI is InChI=1S/C56H60N8.5ClH.Mn/c1-5-9-33-61-37-17-13-21-49(61)53-41-25-27-43(57-41)54(50-22-14-18-38-62(50)34-10-6-2)45-29-31-47(59-45)56(52-24-16-20-40-64(52)36-12-8-4)48-32-30-46(60-48)55(44-28-26-42(53)58-44)51-23-15-19-39-63(51)35-11-7-3;;;;;;/h13-32,37-40H,5-12,33-36H2,1-4H3;5*1H;/q+2;;;;;;+3/p-5. The van der Waals surface area contributed by atoms with Gasteiger partial charge in [-0.05, 0) is 73.2 Å². The summed E-state index contributed by atoms with van der Waals surface area (Å²) >= 11 is 0. The maximum Gasteiger partial charge on any atom is 3.00 e. The van der Waals surface area contributed by atoms with E-state index in [-0.39, 0.29) is 79.1 Å². The topological polar surface area (TPSA) is 66.1 Å². The Balaban J connectivity index is 0.00000216. The number of halogens is 5. The van der Waals surface area contributed by atoms with Gasteiger partial charge in [0.15, 0.2) is 18.6 Å². The van der Waals surface area contributed by atoms with Crippen LogP contribution in [0.4, 0.5) is 0 Å². The van der Waals surface area contributed by atoms with E-state index in [1.807, 2.05) is 0 Å². The molecule has 366 valence electrons. The van der Waals surface area contributed by atoms with Crippen molar-refractivity contribution >= 4 is 33.9 Å². The Morgan fingerprint density at radius 3 is 1.27 bits per heavy atom. The molecule has 5 aliphatic rings. The third-order valence-electron chi connectivity index (χ3n) is 12.4. The van der Waals surface area contributed by atoms with E-state index in [1.54, 1.807) is 0 Å². The molecular weight excluding hydrogens is 1020 g/mol. The van der Waals surface area contributed by atoms with Crippen LogP contribution in [0.15, 0.2) is 190 Å². The molecule has 0 radical (unpaired) electrons. The summed E-state index contributed by atoms with van der Waals surface area (Å²) in [6, 6.07) is 23.8. The van der Waals surface area contributed by atoms with Crippen molar-refractivity contribution in [3.8, 4) is 0 Å². The molecular formula is C56H60Cl5MnN8. The van der Waals surface area contributed by atoms with Gasteiger partial charge in [-0.1, -0.05) is 71.6 Å². The van der Waals surface area contributed by atoms with Gasteiger partial charge in [-0.25, -0.2) is 15.0 Å². The van der Waals surface area contributed by atoms with Gasteiger partial charge in [-0.15, -0.1) is 11.4 Å². The Morgan fingerprint density at radius 2 is 0.843 bits per heavy atom. The zero-order chi connectivity index (χ0) is 43.8. The van der Waals surface area contributed by atoms with Crippen LogP contribution in [0.1, 0.15) is 108 Å². The molecule has 0 fully saturated rings. The quantitative estimate of drug-likeness (QED) is 0.0890. The summed E-state index contributed by atoms with van der Waals surface area (Å²) in [5.74, 6) is 0. The third kappa shape index (κ3) is 12.6. The van der Waals surface area contributed by atoms with Gasteiger partial charge in [-0.2, -0.15) is 13.7 Å². The molecule has 4 aromatic heterocycles. The van der Waals surface area contributed by atoms with Crippen LogP contribution in [0.5, 0.6) is 0 Å².